The van der Waals surface area contributed by atoms with E-state index in [1.54, 1.807) is 6.08 Å². The lowest BCUT2D eigenvalue weighted by Gasteiger charge is -2.03. The maximum Gasteiger partial charge on any atom is 0.189 e. The van der Waals surface area contributed by atoms with Gasteiger partial charge in [0.05, 0.1) is 10.6 Å². The zero-order chi connectivity index (χ0) is 13.8. The third kappa shape index (κ3) is 3.37. The van der Waals surface area contributed by atoms with E-state index in [0.717, 1.165) is 5.56 Å². The maximum absolute atomic E-state index is 12.0. The van der Waals surface area contributed by atoms with E-state index in [0.29, 0.717) is 5.02 Å². The molecular weight excluding hydrogens is 283 g/mol. The molecular formula is C15H10Cl2O2. The van der Waals surface area contributed by atoms with Crippen molar-refractivity contribution >= 4 is 35.1 Å². The van der Waals surface area contributed by atoms with Gasteiger partial charge in [-0.3, -0.25) is 4.79 Å². The summed E-state index contributed by atoms with van der Waals surface area (Å²) in [5.74, 6) is -0.612. The molecule has 19 heavy (non-hydrogen) atoms. The highest BCUT2D eigenvalue weighted by Crippen LogP contribution is 2.31. The van der Waals surface area contributed by atoms with Crippen molar-refractivity contribution in [2.75, 3.05) is 0 Å². The van der Waals surface area contributed by atoms with Crippen LogP contribution in [0.1, 0.15) is 15.9 Å². The van der Waals surface area contributed by atoms with Gasteiger partial charge in [-0.2, -0.15) is 0 Å². The normalized spacial score (nSPS) is 10.8. The van der Waals surface area contributed by atoms with Gasteiger partial charge in [-0.1, -0.05) is 59.6 Å². The van der Waals surface area contributed by atoms with E-state index in [4.69, 9.17) is 23.2 Å². The fourth-order valence-corrected chi connectivity index (χ4v) is 2.07. The van der Waals surface area contributed by atoms with Crippen LogP contribution in [0.5, 0.6) is 5.75 Å². The summed E-state index contributed by atoms with van der Waals surface area (Å²) in [6, 6.07) is 12.2. The SMILES string of the molecule is O=C(C=Cc1ccccc1)c1cc(Cl)cc(Cl)c1O. The van der Waals surface area contributed by atoms with Crippen LogP contribution in [0.25, 0.3) is 6.08 Å². The van der Waals surface area contributed by atoms with Crippen molar-refractivity contribution in [1.82, 2.24) is 0 Å². The first-order chi connectivity index (χ1) is 9.08. The Labute approximate surface area is 120 Å². The first kappa shape index (κ1) is 13.7. The Morgan fingerprint density at radius 3 is 2.47 bits per heavy atom. The van der Waals surface area contributed by atoms with E-state index < -0.39 is 0 Å². The Bertz CT molecular complexity index is 634. The average Bonchev–Trinajstić information content (AvgIpc) is 2.41. The molecule has 4 heteroatoms. The number of hydrogen-bond donors (Lipinski definition) is 1. The third-order valence-electron chi connectivity index (χ3n) is 2.52. The summed E-state index contributed by atoms with van der Waals surface area (Å²) in [6.07, 6.45) is 3.04. The molecule has 2 aromatic rings. The van der Waals surface area contributed by atoms with E-state index in [2.05, 4.69) is 0 Å². The molecule has 0 aliphatic carbocycles. The van der Waals surface area contributed by atoms with Crippen molar-refractivity contribution in [3.05, 3.63) is 69.7 Å². The fourth-order valence-electron chi connectivity index (χ4n) is 1.58. The van der Waals surface area contributed by atoms with Gasteiger partial charge in [0, 0.05) is 5.02 Å². The van der Waals surface area contributed by atoms with Gasteiger partial charge in [0.25, 0.3) is 0 Å². The van der Waals surface area contributed by atoms with Crippen molar-refractivity contribution < 1.29 is 9.90 Å². The highest BCUT2D eigenvalue weighted by Gasteiger charge is 2.12. The van der Waals surface area contributed by atoms with Crippen LogP contribution >= 0.6 is 23.2 Å². The number of hydrogen-bond acceptors (Lipinski definition) is 2. The Hall–Kier alpha value is -1.77. The fraction of sp³-hybridized carbons (Fsp3) is 0. The lowest BCUT2D eigenvalue weighted by atomic mass is 10.1. The average molecular weight is 293 g/mol. The molecule has 0 atom stereocenters. The van der Waals surface area contributed by atoms with E-state index >= 15 is 0 Å². The highest BCUT2D eigenvalue weighted by molar-refractivity contribution is 6.36. The Kier molecular flexibility index (Phi) is 4.25. The van der Waals surface area contributed by atoms with Gasteiger partial charge in [0.2, 0.25) is 0 Å². The minimum Gasteiger partial charge on any atom is -0.506 e. The van der Waals surface area contributed by atoms with Gasteiger partial charge in [-0.25, -0.2) is 0 Å². The highest BCUT2D eigenvalue weighted by atomic mass is 35.5. The summed E-state index contributed by atoms with van der Waals surface area (Å²) >= 11 is 11.6. The van der Waals surface area contributed by atoms with Gasteiger partial charge < -0.3 is 5.11 Å². The molecule has 0 bridgehead atoms. The van der Waals surface area contributed by atoms with Gasteiger partial charge in [0.1, 0.15) is 5.75 Å². The van der Waals surface area contributed by atoms with Crippen LogP contribution in [0.15, 0.2) is 48.5 Å². The molecule has 2 rings (SSSR count). The molecule has 2 aromatic carbocycles. The summed E-state index contributed by atoms with van der Waals surface area (Å²) in [4.78, 5) is 12.0. The third-order valence-corrected chi connectivity index (χ3v) is 3.03. The molecule has 0 radical (unpaired) electrons. The van der Waals surface area contributed by atoms with Crippen LogP contribution in [0.3, 0.4) is 0 Å². The summed E-state index contributed by atoms with van der Waals surface area (Å²) in [6.45, 7) is 0. The van der Waals surface area contributed by atoms with Gasteiger partial charge >= 0.3 is 0 Å². The number of aromatic hydroxyl groups is 1. The number of halogens is 2. The molecule has 0 aliphatic heterocycles. The molecule has 0 heterocycles. The monoisotopic (exact) mass is 292 g/mol. The molecule has 0 spiro atoms. The number of carbonyl (C=O) groups is 1. The molecule has 0 aromatic heterocycles. The number of benzene rings is 2. The summed E-state index contributed by atoms with van der Waals surface area (Å²) in [7, 11) is 0. The van der Waals surface area contributed by atoms with Crippen molar-refractivity contribution in [2.45, 2.75) is 0 Å². The second-order valence-electron chi connectivity index (χ2n) is 3.89. The first-order valence-electron chi connectivity index (χ1n) is 5.53. The van der Waals surface area contributed by atoms with Crippen LogP contribution in [-0.4, -0.2) is 10.9 Å². The van der Waals surface area contributed by atoms with Crippen LogP contribution in [0, 0.1) is 0 Å². The Morgan fingerprint density at radius 1 is 1.11 bits per heavy atom. The second-order valence-corrected chi connectivity index (χ2v) is 4.74. The lowest BCUT2D eigenvalue weighted by molar-refractivity contribution is 0.104. The number of ketones is 1. The standard InChI is InChI=1S/C15H10Cl2O2/c16-11-8-12(15(19)13(17)9-11)14(18)7-6-10-4-2-1-3-5-10/h1-9,19H. The maximum atomic E-state index is 12.0. The Morgan fingerprint density at radius 2 is 1.79 bits per heavy atom. The van der Waals surface area contributed by atoms with E-state index in [1.165, 1.54) is 18.2 Å². The first-order valence-corrected chi connectivity index (χ1v) is 6.29. The van der Waals surface area contributed by atoms with Crippen LogP contribution in [-0.2, 0) is 0 Å². The Balaban J connectivity index is 2.28. The van der Waals surface area contributed by atoms with Crippen molar-refractivity contribution in [3.8, 4) is 5.75 Å². The van der Waals surface area contributed by atoms with E-state index in [-0.39, 0.29) is 22.1 Å². The van der Waals surface area contributed by atoms with E-state index in [9.17, 15) is 9.90 Å². The lowest BCUT2D eigenvalue weighted by Crippen LogP contribution is -1.95. The predicted molar refractivity (Wildman–Crippen MR) is 77.9 cm³/mol. The van der Waals surface area contributed by atoms with E-state index in [1.807, 2.05) is 30.3 Å². The number of phenolic OH excluding ortho intramolecular Hbond substituents is 1. The molecule has 1 N–H and O–H groups in total. The van der Waals surface area contributed by atoms with Crippen LogP contribution in [0.4, 0.5) is 0 Å². The largest absolute Gasteiger partial charge is 0.506 e. The van der Waals surface area contributed by atoms with Crippen molar-refractivity contribution in [2.24, 2.45) is 0 Å². The molecule has 0 saturated heterocycles. The summed E-state index contributed by atoms with van der Waals surface area (Å²) < 4.78 is 0. The zero-order valence-corrected chi connectivity index (χ0v) is 11.3. The molecule has 0 saturated carbocycles. The van der Waals surface area contributed by atoms with Crippen molar-refractivity contribution in [3.63, 3.8) is 0 Å². The molecule has 2 nitrogen and oxygen atoms in total. The quantitative estimate of drug-likeness (QED) is 0.663. The van der Waals surface area contributed by atoms with Gasteiger partial charge in [-0.05, 0) is 23.8 Å². The van der Waals surface area contributed by atoms with Gasteiger partial charge in [-0.15, -0.1) is 0 Å². The molecule has 0 fully saturated rings. The molecule has 0 amide bonds. The topological polar surface area (TPSA) is 37.3 Å². The smallest absolute Gasteiger partial charge is 0.189 e. The van der Waals surface area contributed by atoms with Gasteiger partial charge in [0.15, 0.2) is 5.78 Å². The number of rotatable bonds is 3. The van der Waals surface area contributed by atoms with Crippen molar-refractivity contribution in [1.29, 1.82) is 0 Å². The zero-order valence-electron chi connectivity index (χ0n) is 9.81. The minimum atomic E-state index is -0.356. The van der Waals surface area contributed by atoms with Crippen LogP contribution < -0.4 is 0 Å². The second kappa shape index (κ2) is 5.91. The minimum absolute atomic E-state index is 0.0592. The number of allylic oxidation sites excluding steroid dienone is 1. The summed E-state index contributed by atoms with van der Waals surface area (Å²) in [5, 5.41) is 10.1. The molecule has 96 valence electrons. The number of carbonyl (C=O) groups excluding carboxylic acids is 1. The number of phenols is 1. The predicted octanol–water partition coefficient (Wildman–Crippen LogP) is 4.60. The summed E-state index contributed by atoms with van der Waals surface area (Å²) in [5.41, 5.74) is 0.980. The molecule has 0 aliphatic rings. The molecule has 0 unspecified atom stereocenters. The van der Waals surface area contributed by atoms with Crippen LogP contribution in [0.2, 0.25) is 10.0 Å².